The Labute approximate surface area is 93.7 Å². The van der Waals surface area contributed by atoms with E-state index in [9.17, 15) is 14.3 Å². The van der Waals surface area contributed by atoms with E-state index in [4.69, 9.17) is 0 Å². The van der Waals surface area contributed by atoms with Crippen molar-refractivity contribution >= 4 is 5.91 Å². The third-order valence-electron chi connectivity index (χ3n) is 2.20. The highest BCUT2D eigenvalue weighted by Crippen LogP contribution is 2.21. The smallest absolute Gasteiger partial charge is 0.233 e. The molecule has 0 saturated heterocycles. The maximum atomic E-state index is 13.0. The minimum atomic E-state index is -0.647. The third kappa shape index (κ3) is 3.20. The third-order valence-corrected chi connectivity index (χ3v) is 2.20. The van der Waals surface area contributed by atoms with E-state index in [1.54, 1.807) is 25.1 Å². The minimum absolute atomic E-state index is 0.126. The van der Waals surface area contributed by atoms with Gasteiger partial charge in [-0.2, -0.15) is 0 Å². The lowest BCUT2D eigenvalue weighted by Gasteiger charge is -2.16. The van der Waals surface area contributed by atoms with Crippen LogP contribution in [0.1, 0.15) is 5.56 Å². The molecule has 0 aliphatic heterocycles. The van der Waals surface area contributed by atoms with Crippen LogP contribution in [0, 0.1) is 5.82 Å². The van der Waals surface area contributed by atoms with E-state index >= 15 is 0 Å². The Kier molecular flexibility index (Phi) is 4.25. The first-order valence-electron chi connectivity index (χ1n) is 4.90. The molecule has 5 heteroatoms. The summed E-state index contributed by atoms with van der Waals surface area (Å²) in [6.07, 6.45) is 0. The molecule has 0 spiro atoms. The van der Waals surface area contributed by atoms with Crippen LogP contribution in [0.15, 0.2) is 18.2 Å². The Bertz CT molecular complexity index is 382. The van der Waals surface area contributed by atoms with Gasteiger partial charge in [-0.3, -0.25) is 9.69 Å². The standard InChI is InChI=1S/C11H15FN2O2/c1-13-10(15)7-14(2)6-8-4-3-5-9(12)11(8)16/h3-5,16H,6-7H2,1-2H3,(H,13,15). The van der Waals surface area contributed by atoms with Crippen molar-refractivity contribution in [1.82, 2.24) is 10.2 Å². The zero-order valence-electron chi connectivity index (χ0n) is 9.33. The minimum Gasteiger partial charge on any atom is -0.505 e. The molecule has 0 unspecified atom stereocenters. The normalized spacial score (nSPS) is 10.5. The number of nitrogens with one attached hydrogen (secondary N) is 1. The van der Waals surface area contributed by atoms with Crippen LogP contribution in [0.25, 0.3) is 0 Å². The van der Waals surface area contributed by atoms with Crippen LogP contribution in [0.2, 0.25) is 0 Å². The Balaban J connectivity index is 2.66. The number of aromatic hydroxyl groups is 1. The number of para-hydroxylation sites is 1. The molecule has 4 nitrogen and oxygen atoms in total. The van der Waals surface area contributed by atoms with Crippen molar-refractivity contribution in [2.75, 3.05) is 20.6 Å². The highest BCUT2D eigenvalue weighted by atomic mass is 19.1. The van der Waals surface area contributed by atoms with E-state index in [1.165, 1.54) is 12.1 Å². The number of amides is 1. The summed E-state index contributed by atoms with van der Waals surface area (Å²) in [5.41, 5.74) is 0.464. The number of likely N-dealkylation sites (N-methyl/N-ethyl adjacent to an activating group) is 2. The van der Waals surface area contributed by atoms with Gasteiger partial charge in [0.15, 0.2) is 11.6 Å². The second-order valence-corrected chi connectivity index (χ2v) is 3.59. The fourth-order valence-electron chi connectivity index (χ4n) is 1.36. The molecule has 1 amide bonds. The molecular formula is C11H15FN2O2. The van der Waals surface area contributed by atoms with Crippen LogP contribution in [-0.2, 0) is 11.3 Å². The number of benzene rings is 1. The van der Waals surface area contributed by atoms with E-state index in [0.717, 1.165) is 0 Å². The number of nitrogens with zero attached hydrogens (tertiary/aromatic N) is 1. The number of phenolic OH excluding ortho intramolecular Hbond substituents is 1. The van der Waals surface area contributed by atoms with Crippen LogP contribution < -0.4 is 5.32 Å². The van der Waals surface area contributed by atoms with Crippen molar-refractivity contribution < 1.29 is 14.3 Å². The fourth-order valence-corrected chi connectivity index (χ4v) is 1.36. The number of hydrogen-bond acceptors (Lipinski definition) is 3. The number of carbonyl (C=O) groups is 1. The summed E-state index contributed by atoms with van der Waals surface area (Å²) < 4.78 is 13.0. The summed E-state index contributed by atoms with van der Waals surface area (Å²) in [6.45, 7) is 0.517. The van der Waals surface area contributed by atoms with Crippen LogP contribution in [0.3, 0.4) is 0 Å². The largest absolute Gasteiger partial charge is 0.505 e. The van der Waals surface area contributed by atoms with Crippen LogP contribution >= 0.6 is 0 Å². The van der Waals surface area contributed by atoms with Gasteiger partial charge in [0.05, 0.1) is 6.54 Å². The van der Waals surface area contributed by atoms with Crippen molar-refractivity contribution in [3.05, 3.63) is 29.6 Å². The van der Waals surface area contributed by atoms with Gasteiger partial charge in [0.1, 0.15) is 0 Å². The van der Waals surface area contributed by atoms with Gasteiger partial charge in [-0.25, -0.2) is 4.39 Å². The molecule has 0 heterocycles. The first kappa shape index (κ1) is 12.4. The van der Waals surface area contributed by atoms with Gasteiger partial charge >= 0.3 is 0 Å². The maximum Gasteiger partial charge on any atom is 0.233 e. The molecule has 0 saturated carbocycles. The summed E-state index contributed by atoms with van der Waals surface area (Å²) in [7, 11) is 3.27. The Morgan fingerprint density at radius 1 is 1.56 bits per heavy atom. The molecule has 16 heavy (non-hydrogen) atoms. The predicted molar refractivity (Wildman–Crippen MR) is 58.5 cm³/mol. The number of phenols is 1. The van der Waals surface area contributed by atoms with Gasteiger partial charge in [-0.15, -0.1) is 0 Å². The molecule has 0 aliphatic rings. The van der Waals surface area contributed by atoms with Gasteiger partial charge < -0.3 is 10.4 Å². The maximum absolute atomic E-state index is 13.0. The monoisotopic (exact) mass is 226 g/mol. The van der Waals surface area contributed by atoms with Gasteiger partial charge in [0, 0.05) is 19.2 Å². The van der Waals surface area contributed by atoms with Gasteiger partial charge in [0.2, 0.25) is 5.91 Å². The number of carbonyl (C=O) groups excluding carboxylic acids is 1. The molecule has 1 aromatic rings. The quantitative estimate of drug-likeness (QED) is 0.795. The summed E-state index contributed by atoms with van der Waals surface area (Å²) in [5, 5.41) is 11.9. The Hall–Kier alpha value is -1.62. The Morgan fingerprint density at radius 2 is 2.25 bits per heavy atom. The SMILES string of the molecule is CNC(=O)CN(C)Cc1cccc(F)c1O. The summed E-state index contributed by atoms with van der Waals surface area (Å²) >= 11 is 0. The lowest BCUT2D eigenvalue weighted by molar-refractivity contribution is -0.121. The van der Waals surface area contributed by atoms with E-state index in [-0.39, 0.29) is 18.2 Å². The second-order valence-electron chi connectivity index (χ2n) is 3.59. The molecule has 0 atom stereocenters. The fraction of sp³-hybridized carbons (Fsp3) is 0.364. The first-order chi connectivity index (χ1) is 7.54. The van der Waals surface area contributed by atoms with E-state index in [1.807, 2.05) is 0 Å². The highest BCUT2D eigenvalue weighted by molar-refractivity contribution is 5.77. The number of rotatable bonds is 4. The summed E-state index contributed by atoms with van der Waals surface area (Å²) in [5.74, 6) is -1.13. The molecule has 1 aromatic carbocycles. The summed E-state index contributed by atoms with van der Waals surface area (Å²) in [6, 6.07) is 4.34. The topological polar surface area (TPSA) is 52.6 Å². The van der Waals surface area contributed by atoms with Crippen molar-refractivity contribution in [3.8, 4) is 5.75 Å². The number of hydrogen-bond donors (Lipinski definition) is 2. The van der Waals surface area contributed by atoms with Gasteiger partial charge in [-0.05, 0) is 13.1 Å². The Morgan fingerprint density at radius 3 is 2.88 bits per heavy atom. The molecule has 2 N–H and O–H groups in total. The lowest BCUT2D eigenvalue weighted by Crippen LogP contribution is -2.32. The highest BCUT2D eigenvalue weighted by Gasteiger charge is 2.10. The van der Waals surface area contributed by atoms with Gasteiger partial charge in [0.25, 0.3) is 0 Å². The molecule has 0 bridgehead atoms. The molecular weight excluding hydrogens is 211 g/mol. The van der Waals surface area contributed by atoms with Crippen molar-refractivity contribution in [2.45, 2.75) is 6.54 Å². The van der Waals surface area contributed by atoms with E-state index in [0.29, 0.717) is 12.1 Å². The van der Waals surface area contributed by atoms with Crippen LogP contribution in [0.4, 0.5) is 4.39 Å². The van der Waals surface area contributed by atoms with E-state index in [2.05, 4.69) is 5.32 Å². The first-order valence-corrected chi connectivity index (χ1v) is 4.90. The van der Waals surface area contributed by atoms with Crippen molar-refractivity contribution in [1.29, 1.82) is 0 Å². The van der Waals surface area contributed by atoms with E-state index < -0.39 is 5.82 Å². The van der Waals surface area contributed by atoms with Gasteiger partial charge in [-0.1, -0.05) is 12.1 Å². The number of halogens is 1. The lowest BCUT2D eigenvalue weighted by atomic mass is 10.2. The zero-order valence-corrected chi connectivity index (χ0v) is 9.33. The van der Waals surface area contributed by atoms with Crippen LogP contribution in [-0.4, -0.2) is 36.6 Å². The molecule has 0 aromatic heterocycles. The average Bonchev–Trinajstić information content (AvgIpc) is 2.24. The molecule has 88 valence electrons. The van der Waals surface area contributed by atoms with Crippen molar-refractivity contribution in [3.63, 3.8) is 0 Å². The van der Waals surface area contributed by atoms with Crippen molar-refractivity contribution in [2.24, 2.45) is 0 Å². The summed E-state index contributed by atoms with van der Waals surface area (Å²) in [4.78, 5) is 12.8. The second kappa shape index (κ2) is 5.46. The zero-order chi connectivity index (χ0) is 12.1. The van der Waals surface area contributed by atoms with Crippen LogP contribution in [0.5, 0.6) is 5.75 Å². The molecule has 1 rings (SSSR count). The average molecular weight is 226 g/mol. The molecule has 0 radical (unpaired) electrons. The predicted octanol–water partition coefficient (Wildman–Crippen LogP) is 0.709. The molecule has 0 fully saturated rings. The molecule has 0 aliphatic carbocycles.